The summed E-state index contributed by atoms with van der Waals surface area (Å²) in [5.74, 6) is -0.679. The van der Waals surface area contributed by atoms with E-state index >= 15 is 0 Å². The zero-order valence-corrected chi connectivity index (χ0v) is 16.1. The van der Waals surface area contributed by atoms with E-state index in [-0.39, 0.29) is 27.8 Å². The zero-order chi connectivity index (χ0) is 20.2. The molecule has 1 amide bonds. The molecule has 0 aliphatic heterocycles. The van der Waals surface area contributed by atoms with Crippen LogP contribution in [0.3, 0.4) is 0 Å². The normalized spacial score (nSPS) is 10.8. The van der Waals surface area contributed by atoms with Crippen molar-refractivity contribution in [1.29, 1.82) is 0 Å². The number of aryl methyl sites for hydroxylation is 1. The Morgan fingerprint density at radius 1 is 1.00 bits per heavy atom. The van der Waals surface area contributed by atoms with Crippen LogP contribution in [0.25, 0.3) is 0 Å². The first-order chi connectivity index (χ1) is 12.7. The molecule has 0 unspecified atom stereocenters. The van der Waals surface area contributed by atoms with Crippen molar-refractivity contribution in [3.8, 4) is 5.75 Å². The molecule has 9 heteroatoms. The van der Waals surface area contributed by atoms with Crippen molar-refractivity contribution in [3.05, 3.63) is 47.5 Å². The van der Waals surface area contributed by atoms with Crippen molar-refractivity contribution in [2.75, 3.05) is 24.3 Å². The number of benzene rings is 2. The van der Waals surface area contributed by atoms with Gasteiger partial charge in [-0.15, -0.1) is 0 Å². The van der Waals surface area contributed by atoms with Crippen LogP contribution in [0.5, 0.6) is 5.75 Å². The molecule has 0 aromatic heterocycles. The number of hydrogen-bond donors (Lipinski definition) is 2. The number of methoxy groups -OCH3 is 2. The van der Waals surface area contributed by atoms with Gasteiger partial charge in [-0.2, -0.15) is 0 Å². The summed E-state index contributed by atoms with van der Waals surface area (Å²) in [6.45, 7) is 3.04. The summed E-state index contributed by atoms with van der Waals surface area (Å²) in [5.41, 5.74) is 1.46. The number of ether oxygens (including phenoxy) is 2. The Bertz CT molecular complexity index is 985. The van der Waals surface area contributed by atoms with Crippen molar-refractivity contribution >= 4 is 33.3 Å². The van der Waals surface area contributed by atoms with Gasteiger partial charge in [0.1, 0.15) is 5.75 Å². The Labute approximate surface area is 157 Å². The number of esters is 1. The number of carbonyl (C=O) groups excluding carboxylic acids is 2. The summed E-state index contributed by atoms with van der Waals surface area (Å²) >= 11 is 0. The molecular formula is C18H20N2O6S. The molecule has 0 bridgehead atoms. The maximum Gasteiger partial charge on any atom is 0.337 e. The van der Waals surface area contributed by atoms with Crippen molar-refractivity contribution < 1.29 is 27.5 Å². The van der Waals surface area contributed by atoms with Gasteiger partial charge in [-0.1, -0.05) is 6.07 Å². The number of anilines is 2. The van der Waals surface area contributed by atoms with Crippen molar-refractivity contribution in [1.82, 2.24) is 0 Å². The molecule has 144 valence electrons. The Morgan fingerprint density at radius 3 is 2.30 bits per heavy atom. The molecule has 2 aromatic rings. The second kappa shape index (κ2) is 8.09. The summed E-state index contributed by atoms with van der Waals surface area (Å²) < 4.78 is 37.7. The average Bonchev–Trinajstić information content (AvgIpc) is 2.62. The van der Waals surface area contributed by atoms with Crippen LogP contribution in [0.4, 0.5) is 11.4 Å². The zero-order valence-electron chi connectivity index (χ0n) is 15.3. The maximum atomic E-state index is 12.7. The van der Waals surface area contributed by atoms with E-state index < -0.39 is 16.0 Å². The molecule has 0 atom stereocenters. The van der Waals surface area contributed by atoms with Crippen molar-refractivity contribution in [2.45, 2.75) is 18.7 Å². The second-order valence-corrected chi connectivity index (χ2v) is 7.35. The van der Waals surface area contributed by atoms with E-state index in [1.54, 1.807) is 19.1 Å². The SMILES string of the molecule is COC(=O)c1ccc(C)c(NS(=O)(=O)c2ccc(NC(C)=O)c(OC)c2)c1. The fraction of sp³-hybridized carbons (Fsp3) is 0.222. The molecule has 0 saturated carbocycles. The summed E-state index contributed by atoms with van der Waals surface area (Å²) in [7, 11) is -1.34. The van der Waals surface area contributed by atoms with Gasteiger partial charge >= 0.3 is 5.97 Å². The molecule has 8 nitrogen and oxygen atoms in total. The minimum atomic E-state index is -3.96. The van der Waals surface area contributed by atoms with E-state index in [2.05, 4.69) is 14.8 Å². The minimum Gasteiger partial charge on any atom is -0.495 e. The summed E-state index contributed by atoms with van der Waals surface area (Å²) in [5, 5.41) is 2.56. The van der Waals surface area contributed by atoms with Gasteiger partial charge in [0.2, 0.25) is 5.91 Å². The van der Waals surface area contributed by atoms with Crippen LogP contribution in [0.15, 0.2) is 41.3 Å². The highest BCUT2D eigenvalue weighted by Gasteiger charge is 2.19. The highest BCUT2D eigenvalue weighted by molar-refractivity contribution is 7.92. The van der Waals surface area contributed by atoms with E-state index in [1.807, 2.05) is 0 Å². The molecule has 2 rings (SSSR count). The molecule has 0 spiro atoms. The largest absolute Gasteiger partial charge is 0.495 e. The predicted molar refractivity (Wildman–Crippen MR) is 101 cm³/mol. The third-order valence-corrected chi connectivity index (χ3v) is 5.06. The molecule has 0 fully saturated rings. The monoisotopic (exact) mass is 392 g/mol. The van der Waals surface area contributed by atoms with E-state index in [0.29, 0.717) is 11.3 Å². The Kier molecular flexibility index (Phi) is 6.06. The van der Waals surface area contributed by atoms with E-state index in [1.165, 1.54) is 45.4 Å². The topological polar surface area (TPSA) is 111 Å². The molecule has 0 saturated heterocycles. The second-order valence-electron chi connectivity index (χ2n) is 5.67. The van der Waals surface area contributed by atoms with Crippen LogP contribution >= 0.6 is 0 Å². The van der Waals surface area contributed by atoms with Crippen LogP contribution in [0, 0.1) is 6.92 Å². The number of nitrogens with one attached hydrogen (secondary N) is 2. The van der Waals surface area contributed by atoms with Crippen LogP contribution in [0.2, 0.25) is 0 Å². The third kappa shape index (κ3) is 4.76. The van der Waals surface area contributed by atoms with Gasteiger partial charge in [0.25, 0.3) is 10.0 Å². The number of sulfonamides is 1. The maximum absolute atomic E-state index is 12.7. The molecule has 0 radical (unpaired) electrons. The summed E-state index contributed by atoms with van der Waals surface area (Å²) in [4.78, 5) is 22.8. The van der Waals surface area contributed by atoms with Gasteiger partial charge in [0.15, 0.2) is 0 Å². The number of carbonyl (C=O) groups is 2. The van der Waals surface area contributed by atoms with Crippen molar-refractivity contribution in [2.24, 2.45) is 0 Å². The lowest BCUT2D eigenvalue weighted by Gasteiger charge is -2.14. The van der Waals surface area contributed by atoms with Crippen LogP contribution in [-0.2, 0) is 19.6 Å². The predicted octanol–water partition coefficient (Wildman–Crippen LogP) is 2.55. The first-order valence-electron chi connectivity index (χ1n) is 7.85. The molecular weight excluding hydrogens is 372 g/mol. The lowest BCUT2D eigenvalue weighted by atomic mass is 10.1. The average molecular weight is 392 g/mol. The van der Waals surface area contributed by atoms with E-state index in [9.17, 15) is 18.0 Å². The molecule has 0 heterocycles. The van der Waals surface area contributed by atoms with E-state index in [4.69, 9.17) is 4.74 Å². The van der Waals surface area contributed by atoms with Gasteiger partial charge in [-0.3, -0.25) is 9.52 Å². The highest BCUT2D eigenvalue weighted by Crippen LogP contribution is 2.29. The lowest BCUT2D eigenvalue weighted by Crippen LogP contribution is -2.15. The first kappa shape index (κ1) is 20.2. The first-order valence-corrected chi connectivity index (χ1v) is 9.33. The van der Waals surface area contributed by atoms with Gasteiger partial charge in [0, 0.05) is 13.0 Å². The van der Waals surface area contributed by atoms with Crippen molar-refractivity contribution in [3.63, 3.8) is 0 Å². The Morgan fingerprint density at radius 2 is 1.70 bits per heavy atom. The molecule has 27 heavy (non-hydrogen) atoms. The summed E-state index contributed by atoms with van der Waals surface area (Å²) in [6, 6.07) is 8.64. The fourth-order valence-electron chi connectivity index (χ4n) is 2.31. The van der Waals surface area contributed by atoms with Crippen LogP contribution in [0.1, 0.15) is 22.8 Å². The number of amides is 1. The van der Waals surface area contributed by atoms with Crippen LogP contribution < -0.4 is 14.8 Å². The minimum absolute atomic E-state index is 0.0590. The Hall–Kier alpha value is -3.07. The Balaban J connectivity index is 2.39. The van der Waals surface area contributed by atoms with Gasteiger partial charge < -0.3 is 14.8 Å². The van der Waals surface area contributed by atoms with Gasteiger partial charge in [-0.05, 0) is 36.8 Å². The fourth-order valence-corrected chi connectivity index (χ4v) is 3.45. The molecule has 0 aliphatic rings. The molecule has 2 N–H and O–H groups in total. The smallest absolute Gasteiger partial charge is 0.337 e. The quantitative estimate of drug-likeness (QED) is 0.731. The number of hydrogen-bond acceptors (Lipinski definition) is 6. The molecule has 2 aromatic carbocycles. The standard InChI is InChI=1S/C18H20N2O6S/c1-11-5-6-13(18(22)26-4)9-16(11)20-27(23,24)14-7-8-15(19-12(2)21)17(10-14)25-3/h5-10,20H,1-4H3,(H,19,21). The number of rotatable bonds is 6. The molecule has 0 aliphatic carbocycles. The highest BCUT2D eigenvalue weighted by atomic mass is 32.2. The van der Waals surface area contributed by atoms with Gasteiger partial charge in [-0.25, -0.2) is 13.2 Å². The lowest BCUT2D eigenvalue weighted by molar-refractivity contribution is -0.114. The van der Waals surface area contributed by atoms with E-state index in [0.717, 1.165) is 0 Å². The van der Waals surface area contributed by atoms with Gasteiger partial charge in [0.05, 0.1) is 36.1 Å². The van der Waals surface area contributed by atoms with Crippen LogP contribution in [-0.4, -0.2) is 34.5 Å². The third-order valence-electron chi connectivity index (χ3n) is 3.70. The summed E-state index contributed by atoms with van der Waals surface area (Å²) in [6.07, 6.45) is 0.